The van der Waals surface area contributed by atoms with Gasteiger partial charge in [-0.15, -0.1) is 11.6 Å². The van der Waals surface area contributed by atoms with Crippen molar-refractivity contribution in [3.8, 4) is 0 Å². The Balaban J connectivity index is 3.82. The molecule has 76 valence electrons. The van der Waals surface area contributed by atoms with E-state index in [1.54, 1.807) is 20.8 Å². The summed E-state index contributed by atoms with van der Waals surface area (Å²) < 4.78 is 4.95. The molecule has 0 heterocycles. The number of rotatable bonds is 4. The van der Waals surface area contributed by atoms with Gasteiger partial charge in [0.15, 0.2) is 0 Å². The average molecular weight is 207 g/mol. The smallest absolute Gasteiger partial charge is 0.313 e. The van der Waals surface area contributed by atoms with Crippen molar-refractivity contribution < 1.29 is 14.3 Å². The molecule has 0 saturated heterocycles. The van der Waals surface area contributed by atoms with E-state index in [0.717, 1.165) is 0 Å². The predicted octanol–water partition coefficient (Wildman–Crippen LogP) is 1.92. The molecule has 0 bridgehead atoms. The van der Waals surface area contributed by atoms with Crippen LogP contribution in [-0.2, 0) is 14.3 Å². The van der Waals surface area contributed by atoms with Crippen LogP contribution in [0.25, 0.3) is 0 Å². The van der Waals surface area contributed by atoms with Crippen LogP contribution in [0.1, 0.15) is 33.6 Å². The highest BCUT2D eigenvalue weighted by Crippen LogP contribution is 2.08. The maximum atomic E-state index is 11.1. The number of hydrogen-bond donors (Lipinski definition) is 0. The van der Waals surface area contributed by atoms with E-state index >= 15 is 0 Å². The molecule has 0 spiro atoms. The Kier molecular flexibility index (Phi) is 4.99. The summed E-state index contributed by atoms with van der Waals surface area (Å²) in [4.78, 5) is 22.0. The summed E-state index contributed by atoms with van der Waals surface area (Å²) in [5.74, 6) is -0.409. The van der Waals surface area contributed by atoms with Crippen molar-refractivity contribution in [1.82, 2.24) is 0 Å². The number of Topliss-reactive ketones (excluding diaryl/α,β-unsaturated/α-hetero) is 1. The van der Waals surface area contributed by atoms with Crippen LogP contribution in [0, 0.1) is 0 Å². The lowest BCUT2D eigenvalue weighted by Gasteiger charge is -2.18. The number of ketones is 1. The second-order valence-corrected chi connectivity index (χ2v) is 4.12. The maximum absolute atomic E-state index is 11.1. The molecule has 0 atom stereocenters. The van der Waals surface area contributed by atoms with E-state index in [1.807, 2.05) is 0 Å². The number of esters is 1. The minimum atomic E-state index is -0.529. The van der Waals surface area contributed by atoms with Gasteiger partial charge in [0.05, 0.1) is 0 Å². The summed E-state index contributed by atoms with van der Waals surface area (Å²) in [5.41, 5.74) is -0.529. The molecule has 0 fully saturated rings. The van der Waals surface area contributed by atoms with Gasteiger partial charge in [-0.25, -0.2) is 0 Å². The highest BCUT2D eigenvalue weighted by atomic mass is 35.5. The van der Waals surface area contributed by atoms with Gasteiger partial charge in [-0.1, -0.05) is 0 Å². The molecule has 3 nitrogen and oxygen atoms in total. The lowest BCUT2D eigenvalue weighted by molar-refractivity contribution is -0.156. The van der Waals surface area contributed by atoms with Crippen molar-refractivity contribution in [2.45, 2.75) is 39.2 Å². The molecule has 0 rings (SSSR count). The van der Waals surface area contributed by atoms with Gasteiger partial charge in [0.25, 0.3) is 0 Å². The number of alkyl halides is 1. The van der Waals surface area contributed by atoms with Crippen molar-refractivity contribution in [2.75, 3.05) is 5.88 Å². The maximum Gasteiger partial charge on any atom is 0.313 e. The lowest BCUT2D eigenvalue weighted by atomic mass is 10.2. The number of ether oxygens (including phenoxy) is 1. The van der Waals surface area contributed by atoms with Crippen LogP contribution in [-0.4, -0.2) is 23.2 Å². The van der Waals surface area contributed by atoms with Gasteiger partial charge in [0.2, 0.25) is 0 Å². The molecule has 13 heavy (non-hydrogen) atoms. The van der Waals surface area contributed by atoms with Gasteiger partial charge in [-0.3, -0.25) is 9.59 Å². The second kappa shape index (κ2) is 5.22. The third kappa shape index (κ3) is 7.78. The van der Waals surface area contributed by atoms with E-state index in [4.69, 9.17) is 16.3 Å². The minimum Gasteiger partial charge on any atom is -0.460 e. The van der Waals surface area contributed by atoms with Crippen LogP contribution in [0.2, 0.25) is 0 Å². The normalized spacial score (nSPS) is 11.1. The number of carbonyl (C=O) groups is 2. The number of hydrogen-bond acceptors (Lipinski definition) is 3. The molecule has 0 aromatic rings. The fraction of sp³-hybridized carbons (Fsp3) is 0.778. The fourth-order valence-electron chi connectivity index (χ4n) is 0.732. The van der Waals surface area contributed by atoms with E-state index in [1.165, 1.54) is 0 Å². The summed E-state index contributed by atoms with van der Waals surface area (Å²) in [6, 6.07) is 0. The molecule has 0 aliphatic heterocycles. The third-order valence-electron chi connectivity index (χ3n) is 1.13. The summed E-state index contributed by atoms with van der Waals surface area (Å²) in [7, 11) is 0. The standard InChI is InChI=1S/C9H15ClO3/c1-9(2,3)13-8(12)6-7(11)4-5-10/h4-6H2,1-3H3. The van der Waals surface area contributed by atoms with Crippen molar-refractivity contribution in [3.05, 3.63) is 0 Å². The molecular weight excluding hydrogens is 192 g/mol. The minimum absolute atomic E-state index is 0.177. The molecular formula is C9H15ClO3. The van der Waals surface area contributed by atoms with Crippen molar-refractivity contribution in [3.63, 3.8) is 0 Å². The van der Waals surface area contributed by atoms with Crippen LogP contribution < -0.4 is 0 Å². The molecule has 4 heteroatoms. The first kappa shape index (κ1) is 12.4. The van der Waals surface area contributed by atoms with E-state index < -0.39 is 11.6 Å². The number of halogens is 1. The van der Waals surface area contributed by atoms with Crippen molar-refractivity contribution in [2.24, 2.45) is 0 Å². The Morgan fingerprint density at radius 2 is 1.85 bits per heavy atom. The van der Waals surface area contributed by atoms with Gasteiger partial charge in [-0.2, -0.15) is 0 Å². The summed E-state index contributed by atoms with van der Waals surface area (Å²) >= 11 is 5.34. The molecule has 0 aromatic heterocycles. The topological polar surface area (TPSA) is 43.4 Å². The summed E-state index contributed by atoms with van der Waals surface area (Å²) in [6.07, 6.45) is 0.0464. The summed E-state index contributed by atoms with van der Waals surface area (Å²) in [5, 5.41) is 0. The van der Waals surface area contributed by atoms with Crippen LogP contribution in [0.4, 0.5) is 0 Å². The van der Waals surface area contributed by atoms with Crippen molar-refractivity contribution >= 4 is 23.4 Å². The molecule has 0 aromatic carbocycles. The van der Waals surface area contributed by atoms with E-state index in [2.05, 4.69) is 0 Å². The fourth-order valence-corrected chi connectivity index (χ4v) is 0.943. The van der Waals surface area contributed by atoms with Crippen LogP contribution in [0.3, 0.4) is 0 Å². The highest BCUT2D eigenvalue weighted by Gasteiger charge is 2.18. The van der Waals surface area contributed by atoms with Crippen LogP contribution >= 0.6 is 11.6 Å². The second-order valence-electron chi connectivity index (χ2n) is 3.74. The highest BCUT2D eigenvalue weighted by molar-refractivity contribution is 6.19. The Bertz CT molecular complexity index is 194. The van der Waals surface area contributed by atoms with Crippen molar-refractivity contribution in [1.29, 1.82) is 0 Å². The first-order chi connectivity index (χ1) is 5.85. The Morgan fingerprint density at radius 3 is 2.23 bits per heavy atom. The molecule has 0 radical (unpaired) electrons. The lowest BCUT2D eigenvalue weighted by Crippen LogP contribution is -2.25. The third-order valence-corrected chi connectivity index (χ3v) is 1.32. The van der Waals surface area contributed by atoms with Crippen LogP contribution in [0.5, 0.6) is 0 Å². The molecule has 0 aliphatic rings. The molecule has 0 unspecified atom stereocenters. The largest absolute Gasteiger partial charge is 0.460 e. The Morgan fingerprint density at radius 1 is 1.31 bits per heavy atom. The zero-order valence-electron chi connectivity index (χ0n) is 8.22. The molecule has 0 saturated carbocycles. The Labute approximate surface area is 83.4 Å². The average Bonchev–Trinajstić information content (AvgIpc) is 1.81. The number of carbonyl (C=O) groups excluding carboxylic acids is 2. The first-order valence-electron chi connectivity index (χ1n) is 4.14. The summed E-state index contributed by atoms with van der Waals surface area (Å²) in [6.45, 7) is 5.28. The van der Waals surface area contributed by atoms with E-state index in [9.17, 15) is 9.59 Å². The monoisotopic (exact) mass is 206 g/mol. The van der Waals surface area contributed by atoms with Gasteiger partial charge < -0.3 is 4.74 Å². The van der Waals surface area contributed by atoms with Gasteiger partial charge >= 0.3 is 5.97 Å². The van der Waals surface area contributed by atoms with Gasteiger partial charge in [0, 0.05) is 12.3 Å². The predicted molar refractivity (Wildman–Crippen MR) is 50.8 cm³/mol. The van der Waals surface area contributed by atoms with E-state index in [-0.39, 0.29) is 24.5 Å². The molecule has 0 aliphatic carbocycles. The first-order valence-corrected chi connectivity index (χ1v) is 4.68. The molecule has 0 amide bonds. The zero-order valence-corrected chi connectivity index (χ0v) is 8.98. The van der Waals surface area contributed by atoms with E-state index in [0.29, 0.717) is 0 Å². The SMILES string of the molecule is CC(C)(C)OC(=O)CC(=O)CCCl. The zero-order chi connectivity index (χ0) is 10.5. The van der Waals surface area contributed by atoms with Gasteiger partial charge in [-0.05, 0) is 20.8 Å². The van der Waals surface area contributed by atoms with Crippen LogP contribution in [0.15, 0.2) is 0 Å². The quantitative estimate of drug-likeness (QED) is 0.401. The van der Waals surface area contributed by atoms with Gasteiger partial charge in [0.1, 0.15) is 17.8 Å². The Hall–Kier alpha value is -0.570. The molecule has 0 N–H and O–H groups in total.